The summed E-state index contributed by atoms with van der Waals surface area (Å²) in [5.41, 5.74) is 13.6. The highest BCUT2D eigenvalue weighted by molar-refractivity contribution is 7.99. The molecule has 1 aliphatic carbocycles. The van der Waals surface area contributed by atoms with Gasteiger partial charge in [-0.1, -0.05) is 151 Å². The number of fused-ring (bicyclic) bond motifs is 16. The molecule has 52 heavy (non-hydrogen) atoms. The Morgan fingerprint density at radius 1 is 0.519 bits per heavy atom. The van der Waals surface area contributed by atoms with Crippen molar-refractivity contribution >= 4 is 55.6 Å². The van der Waals surface area contributed by atoms with E-state index in [1.165, 1.54) is 53.9 Å². The maximum atomic E-state index is 6.51. The fraction of sp³-hybridized carbons (Fsp3) is 0.0213. The molecule has 1 spiro atoms. The summed E-state index contributed by atoms with van der Waals surface area (Å²) >= 11 is 1.86. The van der Waals surface area contributed by atoms with E-state index in [1.807, 2.05) is 48.2 Å². The summed E-state index contributed by atoms with van der Waals surface area (Å²) in [5, 5.41) is 3.32. The zero-order valence-corrected chi connectivity index (χ0v) is 28.6. The number of rotatable bonds is 2. The average Bonchev–Trinajstić information content (AvgIpc) is 3.85. The maximum absolute atomic E-state index is 6.51. The first-order valence-corrected chi connectivity index (χ1v) is 18.4. The van der Waals surface area contributed by atoms with Gasteiger partial charge in [-0.2, -0.15) is 0 Å². The van der Waals surface area contributed by atoms with Gasteiger partial charge >= 0.3 is 0 Å². The van der Waals surface area contributed by atoms with Crippen LogP contribution in [0.4, 0.5) is 0 Å². The van der Waals surface area contributed by atoms with Crippen LogP contribution in [-0.4, -0.2) is 14.5 Å². The van der Waals surface area contributed by atoms with Gasteiger partial charge in [-0.3, -0.25) is 4.57 Å². The second kappa shape index (κ2) is 10.3. The summed E-state index contributed by atoms with van der Waals surface area (Å²) in [6.45, 7) is 0. The zero-order chi connectivity index (χ0) is 34.0. The van der Waals surface area contributed by atoms with Crippen LogP contribution in [0.25, 0.3) is 72.2 Å². The topological polar surface area (TPSA) is 43.9 Å². The van der Waals surface area contributed by atoms with Crippen molar-refractivity contribution in [3.63, 3.8) is 0 Å². The molecule has 1 aliphatic heterocycles. The van der Waals surface area contributed by atoms with Gasteiger partial charge in [0.05, 0.1) is 16.4 Å². The number of hydrogen-bond acceptors (Lipinski definition) is 4. The van der Waals surface area contributed by atoms with Crippen LogP contribution in [0.2, 0.25) is 0 Å². The predicted octanol–water partition coefficient (Wildman–Crippen LogP) is 12.0. The van der Waals surface area contributed by atoms with Gasteiger partial charge < -0.3 is 4.42 Å². The summed E-state index contributed by atoms with van der Waals surface area (Å²) in [7, 11) is 0. The lowest BCUT2D eigenvalue weighted by Crippen LogP contribution is -2.32. The van der Waals surface area contributed by atoms with Crippen molar-refractivity contribution in [2.45, 2.75) is 15.2 Å². The van der Waals surface area contributed by atoms with Gasteiger partial charge in [-0.05, 0) is 57.6 Å². The second-order valence-electron chi connectivity index (χ2n) is 13.6. The number of benzene rings is 7. The average molecular weight is 682 g/mol. The van der Waals surface area contributed by atoms with E-state index in [0.29, 0.717) is 11.5 Å². The van der Waals surface area contributed by atoms with Crippen LogP contribution in [0.3, 0.4) is 0 Å². The van der Waals surface area contributed by atoms with Crippen LogP contribution >= 0.6 is 11.8 Å². The lowest BCUT2D eigenvalue weighted by atomic mass is 9.67. The van der Waals surface area contributed by atoms with Gasteiger partial charge in [0.15, 0.2) is 5.58 Å². The Hall–Kier alpha value is -6.43. The molecule has 0 radical (unpaired) electrons. The summed E-state index contributed by atoms with van der Waals surface area (Å²) in [6, 6.07) is 58.8. The molecule has 4 nitrogen and oxygen atoms in total. The molecule has 5 heteroatoms. The Labute approximate surface area is 303 Å². The third kappa shape index (κ3) is 3.53. The van der Waals surface area contributed by atoms with E-state index >= 15 is 0 Å². The minimum atomic E-state index is -0.486. The minimum Gasteiger partial charge on any atom is -0.452 e. The highest BCUT2D eigenvalue weighted by Gasteiger charge is 2.50. The van der Waals surface area contributed by atoms with Gasteiger partial charge in [0.25, 0.3) is 0 Å². The Morgan fingerprint density at radius 2 is 1.17 bits per heavy atom. The van der Waals surface area contributed by atoms with E-state index in [-0.39, 0.29) is 0 Å². The van der Waals surface area contributed by atoms with Gasteiger partial charge in [-0.25, -0.2) is 9.97 Å². The van der Waals surface area contributed by atoms with Crippen molar-refractivity contribution in [2.75, 3.05) is 0 Å². The number of nitrogens with zero attached hydrogens (tertiary/aromatic N) is 3. The monoisotopic (exact) mass is 681 g/mol. The van der Waals surface area contributed by atoms with E-state index < -0.39 is 5.41 Å². The van der Waals surface area contributed by atoms with Crippen LogP contribution in [-0.2, 0) is 5.41 Å². The van der Waals surface area contributed by atoms with E-state index in [0.717, 1.165) is 38.8 Å². The van der Waals surface area contributed by atoms with Gasteiger partial charge in [-0.15, -0.1) is 0 Å². The molecule has 0 unspecified atom stereocenters. The molecule has 3 aromatic heterocycles. The Morgan fingerprint density at radius 3 is 1.98 bits per heavy atom. The first kappa shape index (κ1) is 28.3. The van der Waals surface area contributed by atoms with Gasteiger partial charge in [0, 0.05) is 31.5 Å². The lowest BCUT2D eigenvalue weighted by Gasteiger charge is -2.40. The number of para-hydroxylation sites is 2. The quantitative estimate of drug-likeness (QED) is 0.182. The molecule has 0 amide bonds. The van der Waals surface area contributed by atoms with Crippen LogP contribution < -0.4 is 0 Å². The van der Waals surface area contributed by atoms with Crippen molar-refractivity contribution in [1.29, 1.82) is 0 Å². The van der Waals surface area contributed by atoms with Crippen LogP contribution in [0.15, 0.2) is 178 Å². The van der Waals surface area contributed by atoms with Crippen LogP contribution in [0.1, 0.15) is 22.3 Å². The number of furan rings is 1. The first-order chi connectivity index (χ1) is 25.8. The van der Waals surface area contributed by atoms with Gasteiger partial charge in [0.2, 0.25) is 5.95 Å². The summed E-state index contributed by atoms with van der Waals surface area (Å²) in [6.07, 6.45) is 0. The molecule has 7 aromatic carbocycles. The summed E-state index contributed by atoms with van der Waals surface area (Å²) < 4.78 is 8.81. The zero-order valence-electron chi connectivity index (χ0n) is 27.7. The SMILES string of the molecule is c1ccc(-c2nc(-n3c4ccccc4c4ccc5c(c43)Sc3ccccc3C53c4ccccc4-c4ccccc43)nc3c2oc2ccccc23)cc1. The molecular weight excluding hydrogens is 655 g/mol. The molecule has 0 atom stereocenters. The number of aromatic nitrogens is 3. The highest BCUT2D eigenvalue weighted by atomic mass is 32.2. The highest BCUT2D eigenvalue weighted by Crippen LogP contribution is 2.63. The van der Waals surface area contributed by atoms with Crippen molar-refractivity contribution in [2.24, 2.45) is 0 Å². The first-order valence-electron chi connectivity index (χ1n) is 17.6. The summed E-state index contributed by atoms with van der Waals surface area (Å²) in [4.78, 5) is 13.3. The molecule has 0 fully saturated rings. The van der Waals surface area contributed by atoms with Crippen LogP contribution in [0.5, 0.6) is 0 Å². The fourth-order valence-corrected chi connectivity index (χ4v) is 10.4. The number of hydrogen-bond donors (Lipinski definition) is 0. The smallest absolute Gasteiger partial charge is 0.236 e. The molecular formula is C47H27N3OS. The van der Waals surface area contributed by atoms with E-state index in [1.54, 1.807) is 0 Å². The molecule has 10 aromatic rings. The molecule has 0 bridgehead atoms. The van der Waals surface area contributed by atoms with E-state index in [2.05, 4.69) is 132 Å². The third-order valence-electron chi connectivity index (χ3n) is 11.1. The molecule has 0 saturated carbocycles. The maximum Gasteiger partial charge on any atom is 0.236 e. The summed E-state index contributed by atoms with van der Waals surface area (Å²) in [5.74, 6) is 0.623. The second-order valence-corrected chi connectivity index (χ2v) is 14.7. The lowest BCUT2D eigenvalue weighted by molar-refractivity contribution is 0.666. The van der Waals surface area contributed by atoms with E-state index in [9.17, 15) is 0 Å². The predicted molar refractivity (Wildman–Crippen MR) is 211 cm³/mol. The molecule has 0 saturated heterocycles. The normalized spacial score (nSPS) is 13.8. The molecule has 12 rings (SSSR count). The van der Waals surface area contributed by atoms with Crippen molar-refractivity contribution < 1.29 is 4.42 Å². The van der Waals surface area contributed by atoms with Crippen molar-refractivity contribution in [1.82, 2.24) is 14.5 Å². The Kier molecular flexibility index (Phi) is 5.61. The molecule has 4 heterocycles. The largest absolute Gasteiger partial charge is 0.452 e. The van der Waals surface area contributed by atoms with Crippen LogP contribution in [0, 0.1) is 0 Å². The molecule has 2 aliphatic rings. The van der Waals surface area contributed by atoms with E-state index in [4.69, 9.17) is 14.4 Å². The molecule has 0 N–H and O–H groups in total. The van der Waals surface area contributed by atoms with Gasteiger partial charge in [0.1, 0.15) is 16.8 Å². The standard InChI is InChI=1S/C47H27N3OS/c1-2-14-28(15-3-1)41-44-42(33-19-7-12-24-39(33)51-44)49-46(48-41)50-38-23-11-6-18-31(38)32-26-27-37-45(43(32)50)52-40-25-13-10-22-36(40)47(37)34-20-8-4-16-29(34)30-17-5-9-21-35(30)47/h1-27H. The molecule has 242 valence electrons. The fourth-order valence-electron chi connectivity index (χ4n) is 9.04. The third-order valence-corrected chi connectivity index (χ3v) is 12.3. The minimum absolute atomic E-state index is 0.486. The Bertz CT molecular complexity index is 3070. The van der Waals surface area contributed by atoms with Crippen molar-refractivity contribution in [3.05, 3.63) is 186 Å². The Balaban J connectivity index is 1.26. The van der Waals surface area contributed by atoms with Crippen molar-refractivity contribution in [3.8, 4) is 28.3 Å².